The molecule has 2 amide bonds. The molecule has 4 nitrogen and oxygen atoms in total. The van der Waals surface area contributed by atoms with Crippen LogP contribution in [-0.2, 0) is 0 Å². The molecule has 2 rings (SSSR count). The number of hydrogen-bond donors (Lipinski definition) is 0. The summed E-state index contributed by atoms with van der Waals surface area (Å²) in [5, 5.41) is 0. The van der Waals surface area contributed by atoms with Crippen molar-refractivity contribution in [2.24, 2.45) is 0 Å². The summed E-state index contributed by atoms with van der Waals surface area (Å²) in [6.07, 6.45) is 2.21. The maximum Gasteiger partial charge on any atom is 0.324 e. The molecule has 1 aromatic rings. The van der Waals surface area contributed by atoms with Crippen molar-refractivity contribution in [3.05, 3.63) is 24.3 Å². The number of hydrogen-bond acceptors (Lipinski definition) is 2. The van der Waals surface area contributed by atoms with Crippen molar-refractivity contribution in [3.63, 3.8) is 0 Å². The highest BCUT2D eigenvalue weighted by Gasteiger charge is 2.23. The van der Waals surface area contributed by atoms with Crippen LogP contribution >= 0.6 is 0 Å². The van der Waals surface area contributed by atoms with Crippen LogP contribution in [0.15, 0.2) is 24.3 Å². The first-order valence-corrected chi connectivity index (χ1v) is 5.89. The number of nitrogens with zero attached hydrogens (tertiary/aromatic N) is 2. The van der Waals surface area contributed by atoms with Gasteiger partial charge in [-0.25, -0.2) is 4.79 Å². The molecule has 0 spiro atoms. The Morgan fingerprint density at radius 2 is 1.94 bits per heavy atom. The highest BCUT2D eigenvalue weighted by atomic mass is 16.5. The predicted molar refractivity (Wildman–Crippen MR) is 67.6 cm³/mol. The molecule has 0 atom stereocenters. The first-order chi connectivity index (χ1) is 8.24. The largest absolute Gasteiger partial charge is 0.495 e. The van der Waals surface area contributed by atoms with E-state index < -0.39 is 0 Å². The van der Waals surface area contributed by atoms with E-state index in [4.69, 9.17) is 4.74 Å². The summed E-state index contributed by atoms with van der Waals surface area (Å²) in [5.41, 5.74) is 0.812. The van der Waals surface area contributed by atoms with Crippen molar-refractivity contribution in [2.75, 3.05) is 32.1 Å². The number of para-hydroxylation sites is 2. The standard InChI is InChI=1S/C13H18N2O2/c1-14(13(16)15-9-5-6-10-15)11-7-3-4-8-12(11)17-2/h3-4,7-8H,5-6,9-10H2,1-2H3. The van der Waals surface area contributed by atoms with Gasteiger partial charge >= 0.3 is 6.03 Å². The van der Waals surface area contributed by atoms with Gasteiger partial charge in [0.15, 0.2) is 0 Å². The Kier molecular flexibility index (Phi) is 3.52. The maximum atomic E-state index is 12.2. The minimum atomic E-state index is 0.0481. The SMILES string of the molecule is COc1ccccc1N(C)C(=O)N1CCCC1. The van der Waals surface area contributed by atoms with Gasteiger partial charge in [-0.15, -0.1) is 0 Å². The van der Waals surface area contributed by atoms with E-state index in [1.807, 2.05) is 29.2 Å². The monoisotopic (exact) mass is 234 g/mol. The van der Waals surface area contributed by atoms with Crippen LogP contribution in [-0.4, -0.2) is 38.2 Å². The predicted octanol–water partition coefficient (Wildman–Crippen LogP) is 2.35. The number of methoxy groups -OCH3 is 1. The number of benzene rings is 1. The fourth-order valence-electron chi connectivity index (χ4n) is 2.13. The molecular weight excluding hydrogens is 216 g/mol. The van der Waals surface area contributed by atoms with Crippen LogP contribution in [0.2, 0.25) is 0 Å². The summed E-state index contributed by atoms with van der Waals surface area (Å²) < 4.78 is 5.27. The fourth-order valence-corrected chi connectivity index (χ4v) is 2.13. The van der Waals surface area contributed by atoms with E-state index in [1.165, 1.54) is 0 Å². The van der Waals surface area contributed by atoms with Crippen molar-refractivity contribution in [1.82, 2.24) is 4.90 Å². The number of carbonyl (C=O) groups excluding carboxylic acids is 1. The molecular formula is C13H18N2O2. The summed E-state index contributed by atoms with van der Waals surface area (Å²) in [7, 11) is 3.41. The molecule has 1 saturated heterocycles. The second-order valence-corrected chi connectivity index (χ2v) is 4.21. The van der Waals surface area contributed by atoms with Gasteiger partial charge in [-0.2, -0.15) is 0 Å². The number of ether oxygens (including phenoxy) is 1. The zero-order valence-corrected chi connectivity index (χ0v) is 10.3. The highest BCUT2D eigenvalue weighted by Crippen LogP contribution is 2.27. The van der Waals surface area contributed by atoms with E-state index in [1.54, 1.807) is 19.1 Å². The van der Waals surface area contributed by atoms with Gasteiger partial charge in [-0.3, -0.25) is 4.90 Å². The van der Waals surface area contributed by atoms with Gasteiger partial charge in [-0.1, -0.05) is 12.1 Å². The zero-order chi connectivity index (χ0) is 12.3. The van der Waals surface area contributed by atoms with Crippen molar-refractivity contribution < 1.29 is 9.53 Å². The Balaban J connectivity index is 2.17. The van der Waals surface area contributed by atoms with Gasteiger partial charge in [-0.05, 0) is 25.0 Å². The Morgan fingerprint density at radius 1 is 1.29 bits per heavy atom. The second kappa shape index (κ2) is 5.08. The molecule has 1 aliphatic rings. The van der Waals surface area contributed by atoms with E-state index in [-0.39, 0.29) is 6.03 Å². The molecule has 0 radical (unpaired) electrons. The number of rotatable bonds is 2. The second-order valence-electron chi connectivity index (χ2n) is 4.21. The molecule has 0 unspecified atom stereocenters. The molecule has 0 bridgehead atoms. The first-order valence-electron chi connectivity index (χ1n) is 5.89. The number of urea groups is 1. The molecule has 0 N–H and O–H groups in total. The third-order valence-corrected chi connectivity index (χ3v) is 3.11. The van der Waals surface area contributed by atoms with Gasteiger partial charge in [0, 0.05) is 20.1 Å². The van der Waals surface area contributed by atoms with E-state index in [9.17, 15) is 4.79 Å². The molecule has 0 aliphatic carbocycles. The fraction of sp³-hybridized carbons (Fsp3) is 0.462. The van der Waals surface area contributed by atoms with Crippen LogP contribution in [0.5, 0.6) is 5.75 Å². The lowest BCUT2D eigenvalue weighted by Gasteiger charge is -2.25. The van der Waals surface area contributed by atoms with Crippen molar-refractivity contribution >= 4 is 11.7 Å². The minimum absolute atomic E-state index is 0.0481. The van der Waals surface area contributed by atoms with Gasteiger partial charge in [0.25, 0.3) is 0 Å². The zero-order valence-electron chi connectivity index (χ0n) is 10.3. The van der Waals surface area contributed by atoms with Crippen LogP contribution in [0.1, 0.15) is 12.8 Å². The van der Waals surface area contributed by atoms with Gasteiger partial charge in [0.1, 0.15) is 5.75 Å². The molecule has 17 heavy (non-hydrogen) atoms. The smallest absolute Gasteiger partial charge is 0.324 e. The summed E-state index contributed by atoms with van der Waals surface area (Å²) in [6.45, 7) is 1.72. The normalized spacial score (nSPS) is 14.8. The summed E-state index contributed by atoms with van der Waals surface area (Å²) in [4.78, 5) is 15.7. The molecule has 1 fully saturated rings. The van der Waals surface area contributed by atoms with Crippen molar-refractivity contribution in [2.45, 2.75) is 12.8 Å². The van der Waals surface area contributed by atoms with E-state index in [2.05, 4.69) is 0 Å². The van der Waals surface area contributed by atoms with Gasteiger partial charge in [0.2, 0.25) is 0 Å². The van der Waals surface area contributed by atoms with Gasteiger partial charge in [0.05, 0.1) is 12.8 Å². The highest BCUT2D eigenvalue weighted by molar-refractivity contribution is 5.93. The number of likely N-dealkylation sites (tertiary alicyclic amines) is 1. The summed E-state index contributed by atoms with van der Waals surface area (Å²) in [5.74, 6) is 0.725. The Morgan fingerprint density at radius 3 is 2.59 bits per heavy atom. The first kappa shape index (κ1) is 11.8. The van der Waals surface area contributed by atoms with Gasteiger partial charge < -0.3 is 9.64 Å². The van der Waals surface area contributed by atoms with Crippen LogP contribution in [0.4, 0.5) is 10.5 Å². The topological polar surface area (TPSA) is 32.8 Å². The molecule has 92 valence electrons. The van der Waals surface area contributed by atoms with Crippen LogP contribution in [0.25, 0.3) is 0 Å². The molecule has 1 heterocycles. The van der Waals surface area contributed by atoms with E-state index in [0.29, 0.717) is 0 Å². The maximum absolute atomic E-state index is 12.2. The van der Waals surface area contributed by atoms with Crippen molar-refractivity contribution in [1.29, 1.82) is 0 Å². The quantitative estimate of drug-likeness (QED) is 0.787. The Bertz CT molecular complexity index is 400. The average Bonchev–Trinajstić information content (AvgIpc) is 2.90. The molecule has 4 heteroatoms. The lowest BCUT2D eigenvalue weighted by atomic mass is 10.3. The average molecular weight is 234 g/mol. The van der Waals surface area contributed by atoms with Crippen LogP contribution in [0, 0.1) is 0 Å². The number of anilines is 1. The minimum Gasteiger partial charge on any atom is -0.495 e. The molecule has 0 aromatic heterocycles. The Labute approximate surface area is 102 Å². The third-order valence-electron chi connectivity index (χ3n) is 3.11. The molecule has 1 aromatic carbocycles. The summed E-state index contributed by atoms with van der Waals surface area (Å²) >= 11 is 0. The lowest BCUT2D eigenvalue weighted by molar-refractivity contribution is 0.216. The molecule has 1 aliphatic heterocycles. The molecule has 0 saturated carbocycles. The lowest BCUT2D eigenvalue weighted by Crippen LogP contribution is -2.39. The van der Waals surface area contributed by atoms with Crippen LogP contribution in [0.3, 0.4) is 0 Å². The third kappa shape index (κ3) is 2.35. The van der Waals surface area contributed by atoms with E-state index in [0.717, 1.165) is 37.4 Å². The van der Waals surface area contributed by atoms with E-state index >= 15 is 0 Å². The van der Waals surface area contributed by atoms with Crippen LogP contribution < -0.4 is 9.64 Å². The Hall–Kier alpha value is -1.71. The van der Waals surface area contributed by atoms with Crippen molar-refractivity contribution in [3.8, 4) is 5.75 Å². The number of amides is 2. The number of carbonyl (C=O) groups is 1. The summed E-state index contributed by atoms with van der Waals surface area (Å²) in [6, 6.07) is 7.62.